The lowest BCUT2D eigenvalue weighted by atomic mass is 9.95. The maximum atomic E-state index is 5.91. The molecule has 3 N–H and O–H groups in total. The first kappa shape index (κ1) is 14.9. The van der Waals surface area contributed by atoms with Gasteiger partial charge in [0.25, 0.3) is 0 Å². The number of rotatable bonds is 3. The zero-order valence-corrected chi connectivity index (χ0v) is 13.6. The van der Waals surface area contributed by atoms with Crippen molar-refractivity contribution < 1.29 is 0 Å². The van der Waals surface area contributed by atoms with Gasteiger partial charge in [0.1, 0.15) is 5.82 Å². The molecule has 0 amide bonds. The van der Waals surface area contributed by atoms with Gasteiger partial charge in [0, 0.05) is 23.8 Å². The fourth-order valence-corrected chi connectivity index (χ4v) is 3.42. The molecule has 0 unspecified atom stereocenters. The van der Waals surface area contributed by atoms with Gasteiger partial charge in [-0.05, 0) is 48.2 Å². The zero-order valence-electron chi connectivity index (χ0n) is 13.6. The highest BCUT2D eigenvalue weighted by Crippen LogP contribution is 2.29. The molecule has 0 bridgehead atoms. The summed E-state index contributed by atoms with van der Waals surface area (Å²) in [7, 11) is 0. The average molecular weight is 319 g/mol. The predicted octanol–water partition coefficient (Wildman–Crippen LogP) is 4.02. The summed E-state index contributed by atoms with van der Waals surface area (Å²) in [5.41, 5.74) is 9.04. The van der Waals surface area contributed by atoms with Crippen LogP contribution in [0, 0.1) is 0 Å². The summed E-state index contributed by atoms with van der Waals surface area (Å²) in [6.45, 7) is 0. The highest BCUT2D eigenvalue weighted by atomic mass is 15.1. The summed E-state index contributed by atoms with van der Waals surface area (Å²) in [5, 5.41) is 4.62. The minimum Gasteiger partial charge on any atom is -0.368 e. The van der Waals surface area contributed by atoms with E-state index in [0.29, 0.717) is 12.0 Å². The van der Waals surface area contributed by atoms with Crippen molar-refractivity contribution in [1.29, 1.82) is 0 Å². The molecule has 1 fully saturated rings. The van der Waals surface area contributed by atoms with Gasteiger partial charge in [0.2, 0.25) is 5.95 Å². The van der Waals surface area contributed by atoms with Gasteiger partial charge in [-0.2, -0.15) is 4.98 Å². The van der Waals surface area contributed by atoms with E-state index < -0.39 is 0 Å². The van der Waals surface area contributed by atoms with E-state index in [1.807, 2.05) is 18.2 Å². The van der Waals surface area contributed by atoms with Gasteiger partial charge in [-0.3, -0.25) is 4.98 Å². The van der Waals surface area contributed by atoms with Crippen LogP contribution in [-0.4, -0.2) is 21.0 Å². The molecule has 0 saturated heterocycles. The monoisotopic (exact) mass is 319 g/mol. The third-order valence-electron chi connectivity index (χ3n) is 4.67. The van der Waals surface area contributed by atoms with Crippen molar-refractivity contribution >= 4 is 22.7 Å². The summed E-state index contributed by atoms with van der Waals surface area (Å²) in [6, 6.07) is 10.7. The second-order valence-corrected chi connectivity index (χ2v) is 6.38. The van der Waals surface area contributed by atoms with E-state index in [1.165, 1.54) is 32.1 Å². The van der Waals surface area contributed by atoms with Gasteiger partial charge in [-0.15, -0.1) is 0 Å². The van der Waals surface area contributed by atoms with Crippen LogP contribution in [0.2, 0.25) is 0 Å². The van der Waals surface area contributed by atoms with Gasteiger partial charge in [0.15, 0.2) is 0 Å². The molecule has 3 aromatic rings. The maximum Gasteiger partial charge on any atom is 0.222 e. The van der Waals surface area contributed by atoms with Crippen LogP contribution >= 0.6 is 0 Å². The molecule has 0 atom stereocenters. The number of benzene rings is 1. The number of hydrogen-bond donors (Lipinski definition) is 2. The smallest absolute Gasteiger partial charge is 0.222 e. The SMILES string of the molecule is Nc1nc(NC2CCCCC2)c2cc(-c3ccncc3)ccc2n1. The first-order chi connectivity index (χ1) is 11.8. The normalized spacial score (nSPS) is 15.5. The molecule has 1 aliphatic carbocycles. The number of anilines is 2. The first-order valence-corrected chi connectivity index (χ1v) is 8.54. The molecule has 122 valence electrons. The van der Waals surface area contributed by atoms with Crippen LogP contribution in [0.15, 0.2) is 42.7 Å². The standard InChI is InChI=1S/C19H21N5/c20-19-23-17-7-6-14(13-8-10-21-11-9-13)12-16(17)18(24-19)22-15-4-2-1-3-5-15/h6-12,15H,1-5H2,(H3,20,22,23,24). The van der Waals surface area contributed by atoms with Gasteiger partial charge in [-0.1, -0.05) is 25.3 Å². The fraction of sp³-hybridized carbons (Fsp3) is 0.316. The summed E-state index contributed by atoms with van der Waals surface area (Å²) in [6.07, 6.45) is 9.87. The molecule has 2 heterocycles. The van der Waals surface area contributed by atoms with Crippen molar-refractivity contribution in [2.24, 2.45) is 0 Å². The average Bonchev–Trinajstić information content (AvgIpc) is 2.63. The summed E-state index contributed by atoms with van der Waals surface area (Å²) >= 11 is 0. The lowest BCUT2D eigenvalue weighted by Crippen LogP contribution is -2.23. The Morgan fingerprint density at radius 2 is 1.71 bits per heavy atom. The molecule has 0 spiro atoms. The fourth-order valence-electron chi connectivity index (χ4n) is 3.42. The van der Waals surface area contributed by atoms with Crippen molar-refractivity contribution in [3.05, 3.63) is 42.7 Å². The number of nitrogens with two attached hydrogens (primary N) is 1. The number of hydrogen-bond acceptors (Lipinski definition) is 5. The van der Waals surface area contributed by atoms with Crippen molar-refractivity contribution in [2.75, 3.05) is 11.1 Å². The third kappa shape index (κ3) is 3.02. The number of nitrogen functional groups attached to an aromatic ring is 1. The minimum atomic E-state index is 0.317. The Kier molecular flexibility index (Phi) is 3.99. The van der Waals surface area contributed by atoms with E-state index in [1.54, 1.807) is 12.4 Å². The van der Waals surface area contributed by atoms with Crippen LogP contribution < -0.4 is 11.1 Å². The van der Waals surface area contributed by atoms with Crippen LogP contribution in [0.4, 0.5) is 11.8 Å². The molecule has 4 rings (SSSR count). The molecule has 1 saturated carbocycles. The Morgan fingerprint density at radius 3 is 2.50 bits per heavy atom. The molecular formula is C19H21N5. The number of nitrogens with zero attached hydrogens (tertiary/aromatic N) is 3. The molecule has 24 heavy (non-hydrogen) atoms. The van der Waals surface area contributed by atoms with Crippen molar-refractivity contribution in [1.82, 2.24) is 15.0 Å². The molecule has 2 aromatic heterocycles. The second-order valence-electron chi connectivity index (χ2n) is 6.38. The summed E-state index contributed by atoms with van der Waals surface area (Å²) in [4.78, 5) is 12.9. The van der Waals surface area contributed by atoms with Gasteiger partial charge in [0.05, 0.1) is 5.52 Å². The predicted molar refractivity (Wildman–Crippen MR) is 97.7 cm³/mol. The first-order valence-electron chi connectivity index (χ1n) is 8.54. The maximum absolute atomic E-state index is 5.91. The zero-order chi connectivity index (χ0) is 16.4. The number of fused-ring (bicyclic) bond motifs is 1. The minimum absolute atomic E-state index is 0.317. The third-order valence-corrected chi connectivity index (χ3v) is 4.67. The van der Waals surface area contributed by atoms with Crippen molar-refractivity contribution in [3.8, 4) is 11.1 Å². The van der Waals surface area contributed by atoms with Crippen LogP contribution in [-0.2, 0) is 0 Å². The Morgan fingerprint density at radius 1 is 0.917 bits per heavy atom. The summed E-state index contributed by atoms with van der Waals surface area (Å²) in [5.74, 6) is 1.16. The van der Waals surface area contributed by atoms with Gasteiger partial charge < -0.3 is 11.1 Å². The largest absolute Gasteiger partial charge is 0.368 e. The number of nitrogens with one attached hydrogen (secondary N) is 1. The Bertz CT molecular complexity index is 841. The number of pyridine rings is 1. The van der Waals surface area contributed by atoms with Crippen LogP contribution in [0.1, 0.15) is 32.1 Å². The Balaban J connectivity index is 1.76. The van der Waals surface area contributed by atoms with E-state index in [4.69, 9.17) is 5.73 Å². The lowest BCUT2D eigenvalue weighted by molar-refractivity contribution is 0.462. The van der Waals surface area contributed by atoms with E-state index >= 15 is 0 Å². The van der Waals surface area contributed by atoms with Crippen molar-refractivity contribution in [2.45, 2.75) is 38.1 Å². The lowest BCUT2D eigenvalue weighted by Gasteiger charge is -2.24. The second kappa shape index (κ2) is 6.43. The molecule has 0 aliphatic heterocycles. The molecule has 5 nitrogen and oxygen atoms in total. The van der Waals surface area contributed by atoms with E-state index in [-0.39, 0.29) is 0 Å². The van der Waals surface area contributed by atoms with E-state index in [0.717, 1.165) is 27.8 Å². The van der Waals surface area contributed by atoms with Gasteiger partial charge >= 0.3 is 0 Å². The highest BCUT2D eigenvalue weighted by Gasteiger charge is 2.16. The van der Waals surface area contributed by atoms with Crippen LogP contribution in [0.25, 0.3) is 22.0 Å². The number of aromatic nitrogens is 3. The molecular weight excluding hydrogens is 298 g/mol. The molecule has 5 heteroatoms. The van der Waals surface area contributed by atoms with Crippen LogP contribution in [0.3, 0.4) is 0 Å². The summed E-state index contributed by atoms with van der Waals surface area (Å²) < 4.78 is 0. The van der Waals surface area contributed by atoms with Crippen molar-refractivity contribution in [3.63, 3.8) is 0 Å². The molecule has 1 aromatic carbocycles. The van der Waals surface area contributed by atoms with Gasteiger partial charge in [-0.25, -0.2) is 4.98 Å². The Labute approximate surface area is 141 Å². The highest BCUT2D eigenvalue weighted by molar-refractivity contribution is 5.93. The van der Waals surface area contributed by atoms with E-state index in [9.17, 15) is 0 Å². The molecule has 1 aliphatic rings. The van der Waals surface area contributed by atoms with E-state index in [2.05, 4.69) is 32.4 Å². The molecule has 0 radical (unpaired) electrons. The topological polar surface area (TPSA) is 76.7 Å². The quantitative estimate of drug-likeness (QED) is 0.762. The van der Waals surface area contributed by atoms with Crippen LogP contribution in [0.5, 0.6) is 0 Å². The Hall–Kier alpha value is -2.69.